The van der Waals surface area contributed by atoms with Crippen LogP contribution in [0.3, 0.4) is 0 Å². The first-order valence-corrected chi connectivity index (χ1v) is 11.7. The van der Waals surface area contributed by atoms with Crippen LogP contribution in [0.25, 0.3) is 0 Å². The van der Waals surface area contributed by atoms with E-state index in [1.54, 1.807) is 12.1 Å². The van der Waals surface area contributed by atoms with Crippen LogP contribution in [0.2, 0.25) is 0 Å². The second kappa shape index (κ2) is 10.9. The van der Waals surface area contributed by atoms with Crippen molar-refractivity contribution in [2.75, 3.05) is 11.1 Å². The SMILES string of the molecule is CCn1c(SCC(=O)Nc2ccccc2C)nnc1[C@H](NC(=O)c1ccccc1)C(C)C. The van der Waals surface area contributed by atoms with Gasteiger partial charge in [0.05, 0.1) is 11.8 Å². The fourth-order valence-electron chi connectivity index (χ4n) is 3.31. The van der Waals surface area contributed by atoms with Crippen molar-refractivity contribution in [1.29, 1.82) is 0 Å². The molecule has 2 aromatic carbocycles. The number of rotatable bonds is 9. The molecule has 0 unspecified atom stereocenters. The van der Waals surface area contributed by atoms with Gasteiger partial charge in [-0.2, -0.15) is 0 Å². The highest BCUT2D eigenvalue weighted by Crippen LogP contribution is 2.26. The predicted octanol–water partition coefficient (Wildman–Crippen LogP) is 4.46. The summed E-state index contributed by atoms with van der Waals surface area (Å²) in [5.74, 6) is 0.763. The van der Waals surface area contributed by atoms with E-state index in [2.05, 4.69) is 20.8 Å². The van der Waals surface area contributed by atoms with Crippen LogP contribution in [0.4, 0.5) is 5.69 Å². The van der Waals surface area contributed by atoms with Crippen molar-refractivity contribution >= 4 is 29.3 Å². The molecule has 1 heterocycles. The third kappa shape index (κ3) is 5.76. The fourth-order valence-corrected chi connectivity index (χ4v) is 4.12. The van der Waals surface area contributed by atoms with E-state index in [9.17, 15) is 9.59 Å². The molecule has 0 radical (unpaired) electrons. The molecule has 0 bridgehead atoms. The number of aromatic nitrogens is 3. The van der Waals surface area contributed by atoms with E-state index in [0.29, 0.717) is 23.1 Å². The molecule has 2 amide bonds. The number of anilines is 1. The molecule has 3 rings (SSSR count). The van der Waals surface area contributed by atoms with Crippen LogP contribution in [0.1, 0.15) is 48.6 Å². The Hall–Kier alpha value is -3.13. The van der Waals surface area contributed by atoms with E-state index in [4.69, 9.17) is 0 Å². The summed E-state index contributed by atoms with van der Waals surface area (Å²) >= 11 is 1.33. The molecule has 0 saturated carbocycles. The monoisotopic (exact) mass is 451 g/mol. The van der Waals surface area contributed by atoms with E-state index < -0.39 is 0 Å². The molecule has 2 N–H and O–H groups in total. The highest BCUT2D eigenvalue weighted by atomic mass is 32.2. The first kappa shape index (κ1) is 23.5. The Labute approximate surface area is 193 Å². The Morgan fingerprint density at radius 1 is 1.03 bits per heavy atom. The lowest BCUT2D eigenvalue weighted by atomic mass is 10.0. The molecule has 0 saturated heterocycles. The van der Waals surface area contributed by atoms with Crippen molar-refractivity contribution < 1.29 is 9.59 Å². The Morgan fingerprint density at radius 2 is 1.72 bits per heavy atom. The van der Waals surface area contributed by atoms with Crippen molar-refractivity contribution in [3.05, 3.63) is 71.5 Å². The molecular weight excluding hydrogens is 422 g/mol. The van der Waals surface area contributed by atoms with Crippen molar-refractivity contribution in [3.63, 3.8) is 0 Å². The summed E-state index contributed by atoms with van der Waals surface area (Å²) in [6, 6.07) is 16.5. The molecule has 7 nitrogen and oxygen atoms in total. The minimum atomic E-state index is -0.301. The number of amides is 2. The number of hydrogen-bond donors (Lipinski definition) is 2. The number of para-hydroxylation sites is 1. The summed E-state index contributed by atoms with van der Waals surface area (Å²) < 4.78 is 1.96. The number of aryl methyl sites for hydroxylation is 1. The van der Waals surface area contributed by atoms with Crippen molar-refractivity contribution in [3.8, 4) is 0 Å². The van der Waals surface area contributed by atoms with Crippen LogP contribution < -0.4 is 10.6 Å². The Bertz CT molecular complexity index is 1070. The van der Waals surface area contributed by atoms with Crippen LogP contribution in [0, 0.1) is 12.8 Å². The normalized spacial score (nSPS) is 11.9. The molecule has 0 aliphatic carbocycles. The molecule has 3 aromatic rings. The van der Waals surface area contributed by atoms with Crippen molar-refractivity contribution in [2.24, 2.45) is 5.92 Å². The highest BCUT2D eigenvalue weighted by Gasteiger charge is 2.26. The van der Waals surface area contributed by atoms with Crippen LogP contribution in [-0.4, -0.2) is 32.3 Å². The molecule has 0 fully saturated rings. The van der Waals surface area contributed by atoms with Gasteiger partial charge in [0.25, 0.3) is 5.91 Å². The van der Waals surface area contributed by atoms with Gasteiger partial charge in [-0.15, -0.1) is 10.2 Å². The molecule has 0 aliphatic rings. The van der Waals surface area contributed by atoms with Gasteiger partial charge in [0, 0.05) is 17.8 Å². The van der Waals surface area contributed by atoms with Gasteiger partial charge in [-0.1, -0.05) is 62.0 Å². The lowest BCUT2D eigenvalue weighted by Gasteiger charge is -2.22. The third-order valence-corrected chi connectivity index (χ3v) is 6.05. The van der Waals surface area contributed by atoms with Crippen molar-refractivity contribution in [1.82, 2.24) is 20.1 Å². The fraction of sp³-hybridized carbons (Fsp3) is 0.333. The molecule has 0 spiro atoms. The van der Waals surface area contributed by atoms with Gasteiger partial charge in [0.15, 0.2) is 11.0 Å². The summed E-state index contributed by atoms with van der Waals surface area (Å²) in [5, 5.41) is 15.4. The molecule has 8 heteroatoms. The standard InChI is InChI=1S/C24H29N5O2S/c1-5-29-22(21(16(2)3)26-23(31)18-12-7-6-8-13-18)27-28-24(29)32-15-20(30)25-19-14-10-9-11-17(19)4/h6-14,16,21H,5,15H2,1-4H3,(H,25,30)(H,26,31)/t21-/m1/s1. The molecule has 0 aliphatic heterocycles. The van der Waals surface area contributed by atoms with Crippen LogP contribution >= 0.6 is 11.8 Å². The average Bonchev–Trinajstić information content (AvgIpc) is 3.20. The lowest BCUT2D eigenvalue weighted by Crippen LogP contribution is -2.33. The van der Waals surface area contributed by atoms with Crippen LogP contribution in [-0.2, 0) is 11.3 Å². The largest absolute Gasteiger partial charge is 0.342 e. The predicted molar refractivity (Wildman–Crippen MR) is 128 cm³/mol. The van der Waals surface area contributed by atoms with Gasteiger partial charge in [-0.05, 0) is 43.5 Å². The number of hydrogen-bond acceptors (Lipinski definition) is 5. The van der Waals surface area contributed by atoms with E-state index in [1.165, 1.54) is 11.8 Å². The summed E-state index contributed by atoms with van der Waals surface area (Å²) in [5.41, 5.74) is 2.42. The number of carbonyl (C=O) groups is 2. The van der Waals surface area contributed by atoms with Gasteiger partial charge >= 0.3 is 0 Å². The molecule has 32 heavy (non-hydrogen) atoms. The molecule has 168 valence electrons. The highest BCUT2D eigenvalue weighted by molar-refractivity contribution is 7.99. The zero-order valence-corrected chi connectivity index (χ0v) is 19.6. The maximum absolute atomic E-state index is 12.7. The summed E-state index contributed by atoms with van der Waals surface area (Å²) in [7, 11) is 0. The lowest BCUT2D eigenvalue weighted by molar-refractivity contribution is -0.113. The zero-order chi connectivity index (χ0) is 23.1. The minimum Gasteiger partial charge on any atom is -0.342 e. The van der Waals surface area contributed by atoms with Gasteiger partial charge in [-0.3, -0.25) is 9.59 Å². The van der Waals surface area contributed by atoms with E-state index >= 15 is 0 Å². The van der Waals surface area contributed by atoms with E-state index in [0.717, 1.165) is 11.3 Å². The molecule has 1 atom stereocenters. The second-order valence-electron chi connectivity index (χ2n) is 7.80. The van der Waals surface area contributed by atoms with Gasteiger partial charge < -0.3 is 15.2 Å². The zero-order valence-electron chi connectivity index (χ0n) is 18.8. The Balaban J connectivity index is 1.71. The number of benzene rings is 2. The summed E-state index contributed by atoms with van der Waals surface area (Å²) in [4.78, 5) is 25.2. The summed E-state index contributed by atoms with van der Waals surface area (Å²) in [6.45, 7) is 8.66. The maximum atomic E-state index is 12.7. The smallest absolute Gasteiger partial charge is 0.251 e. The minimum absolute atomic E-state index is 0.103. The quantitative estimate of drug-likeness (QED) is 0.469. The summed E-state index contributed by atoms with van der Waals surface area (Å²) in [6.07, 6.45) is 0. The maximum Gasteiger partial charge on any atom is 0.251 e. The van der Waals surface area contributed by atoms with Crippen molar-refractivity contribution in [2.45, 2.75) is 45.4 Å². The first-order valence-electron chi connectivity index (χ1n) is 10.7. The Kier molecular flexibility index (Phi) is 8.05. The number of thioether (sulfide) groups is 1. The first-order chi connectivity index (χ1) is 15.4. The Morgan fingerprint density at radius 3 is 2.38 bits per heavy atom. The third-order valence-electron chi connectivity index (χ3n) is 5.08. The number of carbonyl (C=O) groups excluding carboxylic acids is 2. The molecule has 1 aromatic heterocycles. The van der Waals surface area contributed by atoms with E-state index in [-0.39, 0.29) is 29.5 Å². The van der Waals surface area contributed by atoms with Crippen LogP contribution in [0.5, 0.6) is 0 Å². The van der Waals surface area contributed by atoms with Gasteiger partial charge in [-0.25, -0.2) is 0 Å². The topological polar surface area (TPSA) is 88.9 Å². The van der Waals surface area contributed by atoms with Gasteiger partial charge in [0.1, 0.15) is 0 Å². The number of nitrogens with zero attached hydrogens (tertiary/aromatic N) is 3. The number of nitrogens with one attached hydrogen (secondary N) is 2. The second-order valence-corrected chi connectivity index (χ2v) is 8.74. The van der Waals surface area contributed by atoms with Gasteiger partial charge in [0.2, 0.25) is 5.91 Å². The van der Waals surface area contributed by atoms with Crippen LogP contribution in [0.15, 0.2) is 59.8 Å². The van der Waals surface area contributed by atoms with E-state index in [1.807, 2.05) is 74.7 Å². The molecular formula is C24H29N5O2S. The average molecular weight is 452 g/mol.